The maximum atomic E-state index is 13.8. The summed E-state index contributed by atoms with van der Waals surface area (Å²) in [6, 6.07) is 8.36. The Labute approximate surface area is 250 Å². The molecule has 0 bridgehead atoms. The van der Waals surface area contributed by atoms with Gasteiger partial charge in [-0.15, -0.1) is 0 Å². The lowest BCUT2D eigenvalue weighted by atomic mass is 9.98. The quantitative estimate of drug-likeness (QED) is 0.373. The number of halogens is 2. The van der Waals surface area contributed by atoms with Crippen LogP contribution in [-0.4, -0.2) is 92.6 Å². The fraction of sp³-hybridized carbons (Fsp3) is 0.467. The standard InChI is InChI=1S/C30H36F2N6O4S/c1-36-8-10-37(11-9-36)23-2-3-25(28(17-23)33-22-5-12-42-13-6-22)30(39)18-29-26-19-38(7-4-27(26)34-35-29)43(40,41)24-15-20(31)14-21(32)16-24/h2-3,14-17,22,33H,4-13,18-19H2,1H3,(H,34,35). The number of rotatable bonds is 8. The molecule has 6 rings (SSSR count). The Bertz CT molecular complexity index is 1580. The van der Waals surface area contributed by atoms with Crippen molar-refractivity contribution in [3.05, 3.63) is 70.5 Å². The monoisotopic (exact) mass is 614 g/mol. The highest BCUT2D eigenvalue weighted by Crippen LogP contribution is 2.30. The van der Waals surface area contributed by atoms with E-state index in [4.69, 9.17) is 4.74 Å². The summed E-state index contributed by atoms with van der Waals surface area (Å²) in [6.07, 6.45) is 2.01. The second kappa shape index (κ2) is 12.3. The molecule has 0 atom stereocenters. The van der Waals surface area contributed by atoms with Gasteiger partial charge < -0.3 is 19.9 Å². The first-order chi connectivity index (χ1) is 20.7. The third-order valence-corrected chi connectivity index (χ3v) is 10.4. The van der Waals surface area contributed by atoms with Crippen molar-refractivity contribution in [2.45, 2.75) is 43.2 Å². The molecule has 10 nitrogen and oxygen atoms in total. The molecule has 0 saturated carbocycles. The normalized spacial score (nSPS) is 18.9. The summed E-state index contributed by atoms with van der Waals surface area (Å²) in [5.74, 6) is -2.06. The van der Waals surface area contributed by atoms with Gasteiger partial charge in [0.2, 0.25) is 10.0 Å². The molecule has 2 N–H and O–H groups in total. The Kier molecular flexibility index (Phi) is 8.49. The Hall–Kier alpha value is -3.39. The number of ketones is 1. The summed E-state index contributed by atoms with van der Waals surface area (Å²) in [5, 5.41) is 11.0. The summed E-state index contributed by atoms with van der Waals surface area (Å²) in [5.41, 5.74) is 4.22. The van der Waals surface area contributed by atoms with Crippen molar-refractivity contribution in [2.24, 2.45) is 0 Å². The van der Waals surface area contributed by atoms with E-state index in [-0.39, 0.29) is 31.3 Å². The zero-order valence-electron chi connectivity index (χ0n) is 24.1. The number of carbonyl (C=O) groups excluding carboxylic acids is 1. The Morgan fingerprint density at radius 3 is 2.49 bits per heavy atom. The molecule has 0 aliphatic carbocycles. The first kappa shape index (κ1) is 29.7. The van der Waals surface area contributed by atoms with Gasteiger partial charge in [-0.25, -0.2) is 17.2 Å². The maximum Gasteiger partial charge on any atom is 0.243 e. The number of aromatic amines is 1. The zero-order chi connectivity index (χ0) is 30.1. The number of carbonyl (C=O) groups is 1. The zero-order valence-corrected chi connectivity index (χ0v) is 24.9. The fourth-order valence-electron chi connectivity index (χ4n) is 5.97. The van der Waals surface area contributed by atoms with Gasteiger partial charge in [0.1, 0.15) is 11.6 Å². The number of hydrogen-bond acceptors (Lipinski definition) is 8. The van der Waals surface area contributed by atoms with Crippen LogP contribution in [0.25, 0.3) is 0 Å². The van der Waals surface area contributed by atoms with E-state index in [1.807, 2.05) is 12.1 Å². The van der Waals surface area contributed by atoms with E-state index in [2.05, 4.69) is 38.4 Å². The summed E-state index contributed by atoms with van der Waals surface area (Å²) in [4.78, 5) is 18.0. The van der Waals surface area contributed by atoms with Gasteiger partial charge in [-0.05, 0) is 50.2 Å². The number of aromatic nitrogens is 2. The highest BCUT2D eigenvalue weighted by molar-refractivity contribution is 7.89. The minimum absolute atomic E-state index is 0.0232. The number of piperazine rings is 1. The number of H-pyrrole nitrogens is 1. The van der Waals surface area contributed by atoms with Gasteiger partial charge in [0.25, 0.3) is 0 Å². The molecule has 2 aromatic carbocycles. The molecule has 0 amide bonds. The van der Waals surface area contributed by atoms with Gasteiger partial charge >= 0.3 is 0 Å². The number of fused-ring (bicyclic) bond motifs is 1. The van der Waals surface area contributed by atoms with Gasteiger partial charge in [-0.1, -0.05) is 0 Å². The van der Waals surface area contributed by atoms with Crippen molar-refractivity contribution >= 4 is 27.2 Å². The number of Topliss-reactive ketones (excluding diaryl/α,β-unsaturated/α-hetero) is 1. The van der Waals surface area contributed by atoms with Gasteiger partial charge in [-0.2, -0.15) is 9.40 Å². The Morgan fingerprint density at radius 1 is 1.05 bits per heavy atom. The largest absolute Gasteiger partial charge is 0.381 e. The first-order valence-electron chi connectivity index (χ1n) is 14.6. The number of ether oxygens (including phenoxy) is 1. The molecule has 0 spiro atoms. The number of nitrogens with zero attached hydrogens (tertiary/aromatic N) is 4. The highest BCUT2D eigenvalue weighted by atomic mass is 32.2. The van der Waals surface area contributed by atoms with Crippen LogP contribution in [0, 0.1) is 11.6 Å². The molecule has 2 fully saturated rings. The average molecular weight is 615 g/mol. The highest BCUT2D eigenvalue weighted by Gasteiger charge is 2.32. The first-order valence-corrected chi connectivity index (χ1v) is 16.1. The fourth-order valence-corrected chi connectivity index (χ4v) is 7.42. The van der Waals surface area contributed by atoms with Crippen LogP contribution in [0.1, 0.15) is 40.2 Å². The van der Waals surface area contributed by atoms with Crippen molar-refractivity contribution in [1.29, 1.82) is 0 Å². The van der Waals surface area contributed by atoms with Crippen LogP contribution < -0.4 is 10.2 Å². The van der Waals surface area contributed by atoms with E-state index in [9.17, 15) is 22.0 Å². The number of benzene rings is 2. The van der Waals surface area contributed by atoms with E-state index in [0.29, 0.717) is 42.5 Å². The summed E-state index contributed by atoms with van der Waals surface area (Å²) in [7, 11) is -2.06. The lowest BCUT2D eigenvalue weighted by Gasteiger charge is -2.34. The Balaban J connectivity index is 1.24. The van der Waals surface area contributed by atoms with Crippen LogP contribution in [0.3, 0.4) is 0 Å². The van der Waals surface area contributed by atoms with E-state index in [1.165, 1.54) is 4.31 Å². The van der Waals surface area contributed by atoms with Crippen LogP contribution >= 0.6 is 0 Å². The molecule has 43 heavy (non-hydrogen) atoms. The second-order valence-electron chi connectivity index (χ2n) is 11.5. The van der Waals surface area contributed by atoms with Gasteiger partial charge in [0, 0.05) is 99.2 Å². The average Bonchev–Trinajstić information content (AvgIpc) is 3.39. The summed E-state index contributed by atoms with van der Waals surface area (Å²) >= 11 is 0. The molecule has 13 heteroatoms. The second-order valence-corrected chi connectivity index (χ2v) is 13.4. The number of sulfonamides is 1. The van der Waals surface area contributed by atoms with Gasteiger partial charge in [-0.3, -0.25) is 9.89 Å². The van der Waals surface area contributed by atoms with Gasteiger partial charge in [0.05, 0.1) is 17.0 Å². The predicted molar refractivity (Wildman–Crippen MR) is 158 cm³/mol. The summed E-state index contributed by atoms with van der Waals surface area (Å²) in [6.45, 7) is 5.15. The van der Waals surface area contributed by atoms with Crippen LogP contribution in [0.2, 0.25) is 0 Å². The van der Waals surface area contributed by atoms with E-state index < -0.39 is 26.6 Å². The van der Waals surface area contributed by atoms with Crippen molar-refractivity contribution in [2.75, 3.05) is 63.2 Å². The molecule has 2 saturated heterocycles. The molecule has 0 radical (unpaired) electrons. The third kappa shape index (κ3) is 6.44. The molecule has 3 aromatic rings. The number of nitrogens with one attached hydrogen (secondary N) is 2. The van der Waals surface area contributed by atoms with Crippen LogP contribution in [0.4, 0.5) is 20.2 Å². The molecule has 3 aliphatic rings. The third-order valence-electron chi connectivity index (χ3n) is 8.54. The van der Waals surface area contributed by atoms with Crippen LogP contribution in [-0.2, 0) is 34.1 Å². The lowest BCUT2D eigenvalue weighted by molar-refractivity contribution is 0.0904. The number of likely N-dealkylation sites (N-methyl/N-ethyl adjacent to an activating group) is 1. The van der Waals surface area contributed by atoms with Crippen molar-refractivity contribution in [1.82, 2.24) is 19.4 Å². The molecular formula is C30H36F2N6O4S. The van der Waals surface area contributed by atoms with E-state index in [0.717, 1.165) is 68.2 Å². The van der Waals surface area contributed by atoms with E-state index in [1.54, 1.807) is 0 Å². The number of anilines is 2. The minimum atomic E-state index is -4.17. The van der Waals surface area contributed by atoms with E-state index >= 15 is 0 Å². The maximum absolute atomic E-state index is 13.8. The van der Waals surface area contributed by atoms with Crippen molar-refractivity contribution in [3.63, 3.8) is 0 Å². The van der Waals surface area contributed by atoms with Crippen LogP contribution in [0.15, 0.2) is 41.3 Å². The molecule has 230 valence electrons. The molecule has 4 heterocycles. The smallest absolute Gasteiger partial charge is 0.243 e. The van der Waals surface area contributed by atoms with Crippen molar-refractivity contribution < 1.29 is 26.7 Å². The topological polar surface area (TPSA) is 111 Å². The lowest BCUT2D eigenvalue weighted by Crippen LogP contribution is -2.44. The van der Waals surface area contributed by atoms with Crippen LogP contribution in [0.5, 0.6) is 0 Å². The predicted octanol–water partition coefficient (Wildman–Crippen LogP) is 3.20. The Morgan fingerprint density at radius 2 is 1.77 bits per heavy atom. The van der Waals surface area contributed by atoms with Gasteiger partial charge in [0.15, 0.2) is 5.78 Å². The van der Waals surface area contributed by atoms with Crippen molar-refractivity contribution in [3.8, 4) is 0 Å². The molecule has 1 aromatic heterocycles. The molecular weight excluding hydrogens is 578 g/mol. The summed E-state index contributed by atoms with van der Waals surface area (Å²) < 4.78 is 60.9. The molecule has 0 unspecified atom stereocenters. The minimum Gasteiger partial charge on any atom is -0.381 e. The number of hydrogen-bond donors (Lipinski definition) is 2. The SMILES string of the molecule is CN1CCN(c2ccc(C(=O)Cc3n[nH]c4c3CN(S(=O)(=O)c3cc(F)cc(F)c3)CC4)c(NC3CCOCC3)c2)CC1. The molecule has 3 aliphatic heterocycles.